The molecule has 54 heavy (non-hydrogen) atoms. The van der Waals surface area contributed by atoms with E-state index in [2.05, 4.69) is 0 Å². The van der Waals surface area contributed by atoms with E-state index in [1.54, 1.807) is 24.3 Å². The molecule has 0 spiro atoms. The molecular formula is C32H30O15S7. The van der Waals surface area contributed by atoms with E-state index < -0.39 is 73.6 Å². The molecule has 0 saturated heterocycles. The summed E-state index contributed by atoms with van der Waals surface area (Å²) in [5, 5.41) is 1.65. The molecule has 4 aromatic rings. The molecule has 0 amide bonds. The van der Waals surface area contributed by atoms with Crippen molar-refractivity contribution in [3.8, 4) is 11.5 Å². The van der Waals surface area contributed by atoms with Crippen molar-refractivity contribution in [1.82, 2.24) is 0 Å². The lowest BCUT2D eigenvalue weighted by molar-refractivity contribution is 0.166. The Morgan fingerprint density at radius 3 is 1.52 bits per heavy atom. The smallest absolute Gasteiger partial charge is 0.298 e. The molecule has 0 saturated carbocycles. The van der Waals surface area contributed by atoms with Gasteiger partial charge in [-0.25, -0.2) is 0 Å². The van der Waals surface area contributed by atoms with Crippen molar-refractivity contribution in [2.75, 3.05) is 13.2 Å². The van der Waals surface area contributed by atoms with Gasteiger partial charge in [0.15, 0.2) is 11.5 Å². The van der Waals surface area contributed by atoms with Crippen LogP contribution in [-0.4, -0.2) is 69.0 Å². The number of fused-ring (bicyclic) bond motifs is 7. The van der Waals surface area contributed by atoms with Gasteiger partial charge in [-0.3, -0.25) is 30.5 Å². The van der Waals surface area contributed by atoms with Crippen molar-refractivity contribution >= 4 is 84.3 Å². The lowest BCUT2D eigenvalue weighted by atomic mass is 10.0. The van der Waals surface area contributed by atoms with Crippen molar-refractivity contribution in [2.45, 2.75) is 60.7 Å². The molecule has 5 aliphatic heterocycles. The van der Waals surface area contributed by atoms with Gasteiger partial charge in [0.1, 0.15) is 23.0 Å². The van der Waals surface area contributed by atoms with Crippen LogP contribution in [-0.2, 0) is 120 Å². The topological polar surface area (TPSA) is 250 Å². The Hall–Kier alpha value is -2.93. The molecule has 0 fully saturated rings. The maximum atomic E-state index is 11.7. The van der Waals surface area contributed by atoms with Gasteiger partial charge in [0.2, 0.25) is 0 Å². The zero-order valence-corrected chi connectivity index (χ0v) is 33.4. The van der Waals surface area contributed by atoms with Gasteiger partial charge in [0.25, 0.3) is 30.4 Å². The van der Waals surface area contributed by atoms with Crippen LogP contribution in [0.1, 0.15) is 44.5 Å². The molecule has 5 aliphatic rings. The number of hydrogen-bond acceptors (Lipinski definition) is 12. The third-order valence-corrected chi connectivity index (χ3v) is 17.0. The highest BCUT2D eigenvalue weighted by molar-refractivity contribution is 7.87. The molecule has 3 N–H and O–H groups in total. The third-order valence-electron chi connectivity index (χ3n) is 9.16. The lowest BCUT2D eigenvalue weighted by Crippen LogP contribution is -2.19. The Bertz CT molecular complexity index is 2680. The van der Waals surface area contributed by atoms with E-state index in [1.165, 1.54) is 6.07 Å². The van der Waals surface area contributed by atoms with E-state index in [0.29, 0.717) is 62.8 Å². The predicted octanol–water partition coefficient (Wildman–Crippen LogP) is 2.77. The molecule has 0 bridgehead atoms. The highest BCUT2D eigenvalue weighted by Gasteiger charge is 2.35. The zero-order valence-electron chi connectivity index (χ0n) is 27.7. The number of rotatable bonds is 3. The summed E-state index contributed by atoms with van der Waals surface area (Å²) >= 11 is 0. The Labute approximate surface area is 319 Å². The Balaban J connectivity index is 0.000000125. The zero-order chi connectivity index (χ0) is 38.9. The largest absolute Gasteiger partial charge is 0.486 e. The van der Waals surface area contributed by atoms with E-state index in [1.807, 2.05) is 12.1 Å². The summed E-state index contributed by atoms with van der Waals surface area (Å²) in [6, 6.07) is 12.2. The molecule has 290 valence electrons. The van der Waals surface area contributed by atoms with Crippen LogP contribution >= 0.6 is 0 Å². The lowest BCUT2D eigenvalue weighted by Gasteiger charge is -2.22. The van der Waals surface area contributed by atoms with E-state index in [-0.39, 0.29) is 61.6 Å². The highest BCUT2D eigenvalue weighted by atomic mass is 32.2. The van der Waals surface area contributed by atoms with Gasteiger partial charge in [-0.15, -0.1) is 0 Å². The summed E-state index contributed by atoms with van der Waals surface area (Å²) in [6.45, 7) is 0.539. The first-order valence-electron chi connectivity index (χ1n) is 15.8. The first kappa shape index (κ1) is 39.3. The molecular weight excluding hydrogens is 849 g/mol. The number of ether oxygens (including phenoxy) is 2. The minimum atomic E-state index is -4.43. The number of hydrogen-bond donors (Lipinski definition) is 3. The average molecular weight is 879 g/mol. The van der Waals surface area contributed by atoms with Crippen molar-refractivity contribution in [3.63, 3.8) is 0 Å². The molecule has 4 unspecified atom stereocenters. The monoisotopic (exact) mass is 878 g/mol. The summed E-state index contributed by atoms with van der Waals surface area (Å²) < 4.78 is 154. The maximum Gasteiger partial charge on any atom is 0.298 e. The quantitative estimate of drug-likeness (QED) is 0.250. The molecule has 0 aliphatic carbocycles. The van der Waals surface area contributed by atoms with Crippen LogP contribution in [0.3, 0.4) is 0 Å². The van der Waals surface area contributed by atoms with Gasteiger partial charge in [-0.2, -0.15) is 25.3 Å². The van der Waals surface area contributed by atoms with Gasteiger partial charge in [-0.1, -0.05) is 30.3 Å². The van der Waals surface area contributed by atoms with E-state index in [9.17, 15) is 55.7 Å². The second kappa shape index (κ2) is 14.5. The van der Waals surface area contributed by atoms with Crippen LogP contribution in [0, 0.1) is 0 Å². The molecule has 22 heteroatoms. The van der Waals surface area contributed by atoms with Gasteiger partial charge in [0, 0.05) is 66.2 Å². The van der Waals surface area contributed by atoms with E-state index in [4.69, 9.17) is 9.47 Å². The van der Waals surface area contributed by atoms with Gasteiger partial charge in [-0.05, 0) is 67.4 Å². The normalized spacial score (nSPS) is 22.3. The van der Waals surface area contributed by atoms with Crippen LogP contribution in [0.4, 0.5) is 0 Å². The fourth-order valence-corrected chi connectivity index (χ4v) is 15.6. The fourth-order valence-electron chi connectivity index (χ4n) is 7.07. The number of benzene rings is 4. The Kier molecular flexibility index (Phi) is 10.6. The SMILES string of the molecule is O=S1Cc2c(S(=O)(=O)O)cc3ccccc3c2C1.O=S1Cc2cc3c(c(S(=O)(=O)O)c2C1)CS(=O)C3.O=S1Cc2cc3c(c(S(=O)(=O)O)c2C1)OCCO3. The van der Waals surface area contributed by atoms with Crippen molar-refractivity contribution in [3.05, 3.63) is 87.0 Å². The predicted molar refractivity (Wildman–Crippen MR) is 199 cm³/mol. The van der Waals surface area contributed by atoms with Crippen molar-refractivity contribution in [2.24, 2.45) is 0 Å². The summed E-state index contributed by atoms with van der Waals surface area (Å²) in [7, 11) is -17.6. The third kappa shape index (κ3) is 7.74. The van der Waals surface area contributed by atoms with Crippen LogP contribution in [0.2, 0.25) is 0 Å². The first-order chi connectivity index (χ1) is 25.3. The Morgan fingerprint density at radius 2 is 0.963 bits per heavy atom. The first-order valence-corrected chi connectivity index (χ1v) is 26.0. The standard InChI is InChI=1S/C12H10O4S2.C10H10O6S2.C10H10O5S3/c13-17-6-10-9-4-2-1-3-8(9)5-12(11(10)7-17)18(14,15)16;11-17-4-6-3-8-9(16-2-1-15-8)10(7(6)5-17)18(12,13)14;11-16-2-6-1-7-3-17(12)5-9(7)10(8(6)4-16)18(13,14)15/h1-5H,6-7H2,(H,14,15,16);3H,1-2,4-5H2,(H,12,13,14);1H,2-5H2,(H,13,14,15). The van der Waals surface area contributed by atoms with Crippen LogP contribution in [0.5, 0.6) is 11.5 Å². The molecule has 15 nitrogen and oxygen atoms in total. The Morgan fingerprint density at radius 1 is 0.500 bits per heavy atom. The molecule has 0 aromatic heterocycles. The molecule has 4 atom stereocenters. The molecule has 5 heterocycles. The van der Waals surface area contributed by atoms with Crippen molar-refractivity contribution in [1.29, 1.82) is 0 Å². The van der Waals surface area contributed by atoms with Crippen LogP contribution in [0.25, 0.3) is 10.8 Å². The van der Waals surface area contributed by atoms with Gasteiger partial charge < -0.3 is 9.47 Å². The highest BCUT2D eigenvalue weighted by Crippen LogP contribution is 2.44. The fraction of sp³-hybridized carbons (Fsp3) is 0.312. The van der Waals surface area contributed by atoms with Crippen LogP contribution < -0.4 is 9.47 Å². The van der Waals surface area contributed by atoms with Gasteiger partial charge >= 0.3 is 0 Å². The second-order valence-corrected chi connectivity index (χ2v) is 22.7. The van der Waals surface area contributed by atoms with Gasteiger partial charge in [0.05, 0.1) is 27.9 Å². The second-order valence-electron chi connectivity index (χ2n) is 12.7. The van der Waals surface area contributed by atoms with Crippen molar-refractivity contribution < 1.29 is 65.2 Å². The minimum Gasteiger partial charge on any atom is -0.486 e. The summed E-state index contributed by atoms with van der Waals surface area (Å²) in [4.78, 5) is -0.547. The summed E-state index contributed by atoms with van der Waals surface area (Å²) in [5.41, 5.74) is 4.54. The maximum absolute atomic E-state index is 11.7. The minimum absolute atomic E-state index is 0.0291. The van der Waals surface area contributed by atoms with E-state index >= 15 is 0 Å². The van der Waals surface area contributed by atoms with Crippen LogP contribution in [0.15, 0.2) is 57.2 Å². The average Bonchev–Trinajstić information content (AvgIpc) is 3.83. The molecule has 4 aromatic carbocycles. The van der Waals surface area contributed by atoms with E-state index in [0.717, 1.165) is 16.3 Å². The molecule has 0 radical (unpaired) electrons. The summed E-state index contributed by atoms with van der Waals surface area (Å²) in [6.07, 6.45) is 0. The summed E-state index contributed by atoms with van der Waals surface area (Å²) in [5.74, 6) is 2.13. The molecule has 9 rings (SSSR count).